The van der Waals surface area contributed by atoms with Crippen LogP contribution in [0.4, 0.5) is 0 Å². The molecule has 0 radical (unpaired) electrons. The smallest absolute Gasteiger partial charge is 0.219 e. The highest BCUT2D eigenvalue weighted by Crippen LogP contribution is 2.19. The first-order valence-corrected chi connectivity index (χ1v) is 9.99. The van der Waals surface area contributed by atoms with Crippen LogP contribution in [0.3, 0.4) is 0 Å². The molecule has 29 heavy (non-hydrogen) atoms. The van der Waals surface area contributed by atoms with Gasteiger partial charge in [0.15, 0.2) is 5.65 Å². The van der Waals surface area contributed by atoms with Crippen molar-refractivity contribution < 1.29 is 9.53 Å². The molecule has 3 aromatic rings. The first-order valence-electron chi connectivity index (χ1n) is 9.99. The number of imidazole rings is 1. The van der Waals surface area contributed by atoms with Crippen LogP contribution >= 0.6 is 0 Å². The number of carbonyl (C=O) groups is 1. The second-order valence-electron chi connectivity index (χ2n) is 7.69. The lowest BCUT2D eigenvalue weighted by atomic mass is 10.0. The Labute approximate surface area is 170 Å². The van der Waals surface area contributed by atoms with Gasteiger partial charge in [-0.15, -0.1) is 0 Å². The number of methoxy groups -OCH3 is 1. The van der Waals surface area contributed by atoms with Crippen molar-refractivity contribution in [2.45, 2.75) is 19.9 Å². The number of fused-ring (bicyclic) bond motifs is 1. The van der Waals surface area contributed by atoms with E-state index in [-0.39, 0.29) is 5.91 Å². The molecule has 0 saturated carbocycles. The van der Waals surface area contributed by atoms with Crippen LogP contribution in [0.15, 0.2) is 49.1 Å². The number of nitrogens with zero attached hydrogens (tertiary/aromatic N) is 5. The van der Waals surface area contributed by atoms with E-state index in [1.165, 1.54) is 5.56 Å². The van der Waals surface area contributed by atoms with Gasteiger partial charge in [-0.05, 0) is 30.0 Å². The van der Waals surface area contributed by atoms with Crippen molar-refractivity contribution in [3.63, 3.8) is 0 Å². The fraction of sp³-hybridized carbons (Fsp3) is 0.409. The van der Waals surface area contributed by atoms with Crippen LogP contribution in [0.2, 0.25) is 0 Å². The van der Waals surface area contributed by atoms with E-state index in [1.54, 1.807) is 20.2 Å². The lowest BCUT2D eigenvalue weighted by Crippen LogP contribution is -2.34. The molecule has 7 nitrogen and oxygen atoms in total. The zero-order chi connectivity index (χ0) is 20.2. The number of rotatable bonds is 5. The average molecular weight is 393 g/mol. The molecule has 1 amide bonds. The number of hydrogen-bond acceptors (Lipinski definition) is 5. The van der Waals surface area contributed by atoms with Gasteiger partial charge in [0.1, 0.15) is 5.75 Å². The zero-order valence-electron chi connectivity index (χ0n) is 17.0. The maximum absolute atomic E-state index is 12.1. The number of aromatic nitrogens is 3. The summed E-state index contributed by atoms with van der Waals surface area (Å²) in [6.07, 6.45) is 8.39. The van der Waals surface area contributed by atoms with Gasteiger partial charge < -0.3 is 14.0 Å². The quantitative estimate of drug-likeness (QED) is 0.665. The minimum absolute atomic E-state index is 0.135. The van der Waals surface area contributed by atoms with Crippen LogP contribution in [0.1, 0.15) is 18.2 Å². The third-order valence-corrected chi connectivity index (χ3v) is 5.50. The highest BCUT2D eigenvalue weighted by atomic mass is 16.5. The second-order valence-corrected chi connectivity index (χ2v) is 7.69. The Bertz CT molecular complexity index is 986. The molecular formula is C22H27N5O2. The third-order valence-electron chi connectivity index (χ3n) is 5.50. The molecule has 7 heteroatoms. The Kier molecular flexibility index (Phi) is 5.76. The molecule has 1 unspecified atom stereocenters. The SMILES string of the molecule is COc1cccc(CN2CCN(C(C)=O)CC(Cc3cn4ccnc4cn3)C2)c1. The minimum Gasteiger partial charge on any atom is -0.497 e. The van der Waals surface area contributed by atoms with Crippen LogP contribution in [-0.4, -0.2) is 63.4 Å². The Morgan fingerprint density at radius 1 is 1.24 bits per heavy atom. The first-order chi connectivity index (χ1) is 14.1. The molecule has 0 bridgehead atoms. The van der Waals surface area contributed by atoms with Crippen LogP contribution in [-0.2, 0) is 17.8 Å². The third kappa shape index (κ3) is 4.74. The lowest BCUT2D eigenvalue weighted by molar-refractivity contribution is -0.129. The zero-order valence-corrected chi connectivity index (χ0v) is 17.0. The second kappa shape index (κ2) is 8.61. The summed E-state index contributed by atoms with van der Waals surface area (Å²) in [6.45, 7) is 5.79. The van der Waals surface area contributed by atoms with Crippen LogP contribution in [0.5, 0.6) is 5.75 Å². The Morgan fingerprint density at radius 2 is 2.14 bits per heavy atom. The molecule has 2 aromatic heterocycles. The molecular weight excluding hydrogens is 366 g/mol. The number of ether oxygens (including phenoxy) is 1. The fourth-order valence-corrected chi connectivity index (χ4v) is 4.04. The van der Waals surface area contributed by atoms with E-state index in [0.29, 0.717) is 5.92 Å². The van der Waals surface area contributed by atoms with E-state index >= 15 is 0 Å². The molecule has 0 spiro atoms. The molecule has 4 rings (SSSR count). The molecule has 1 fully saturated rings. The maximum atomic E-state index is 12.1. The Balaban J connectivity index is 1.50. The van der Waals surface area contributed by atoms with Crippen molar-refractivity contribution >= 4 is 11.6 Å². The lowest BCUT2D eigenvalue weighted by Gasteiger charge is -2.24. The predicted octanol–water partition coefficient (Wildman–Crippen LogP) is 2.26. The van der Waals surface area contributed by atoms with Crippen molar-refractivity contribution in [1.29, 1.82) is 0 Å². The molecule has 3 heterocycles. The molecule has 1 atom stereocenters. The van der Waals surface area contributed by atoms with Crippen molar-refractivity contribution in [2.24, 2.45) is 5.92 Å². The first kappa shape index (κ1) is 19.4. The number of amides is 1. The summed E-state index contributed by atoms with van der Waals surface area (Å²) in [5.41, 5.74) is 3.09. The molecule has 1 aliphatic rings. The van der Waals surface area contributed by atoms with Gasteiger partial charge in [0.2, 0.25) is 5.91 Å². The van der Waals surface area contributed by atoms with Gasteiger partial charge in [-0.3, -0.25) is 14.7 Å². The standard InChI is InChI=1S/C22H27N5O2/c1-17(28)26-9-8-25(13-18-4-3-5-21(11-18)29-2)14-19(15-26)10-20-16-27-7-6-23-22(27)12-24-20/h3-7,11-12,16,19H,8-10,13-15H2,1-2H3. The number of benzene rings is 1. The van der Waals surface area contributed by atoms with Gasteiger partial charge in [0, 0.05) is 58.2 Å². The highest BCUT2D eigenvalue weighted by Gasteiger charge is 2.25. The van der Waals surface area contributed by atoms with Gasteiger partial charge in [0.05, 0.1) is 19.0 Å². The van der Waals surface area contributed by atoms with Crippen LogP contribution in [0, 0.1) is 5.92 Å². The minimum atomic E-state index is 0.135. The van der Waals surface area contributed by atoms with Crippen LogP contribution < -0.4 is 4.74 Å². The van der Waals surface area contributed by atoms with Crippen molar-refractivity contribution in [3.05, 3.63) is 60.3 Å². The summed E-state index contributed by atoms with van der Waals surface area (Å²) in [5, 5.41) is 0. The van der Waals surface area contributed by atoms with Gasteiger partial charge >= 0.3 is 0 Å². The summed E-state index contributed by atoms with van der Waals surface area (Å²) in [6, 6.07) is 8.19. The van der Waals surface area contributed by atoms with Gasteiger partial charge in [-0.25, -0.2) is 4.98 Å². The monoisotopic (exact) mass is 393 g/mol. The highest BCUT2D eigenvalue weighted by molar-refractivity contribution is 5.73. The summed E-state index contributed by atoms with van der Waals surface area (Å²) in [5.74, 6) is 1.33. The molecule has 0 N–H and O–H groups in total. The maximum Gasteiger partial charge on any atom is 0.219 e. The number of hydrogen-bond donors (Lipinski definition) is 0. The molecule has 1 aliphatic heterocycles. The molecule has 1 aromatic carbocycles. The van der Waals surface area contributed by atoms with E-state index in [2.05, 4.69) is 27.0 Å². The number of carbonyl (C=O) groups excluding carboxylic acids is 1. The van der Waals surface area contributed by atoms with E-state index in [0.717, 1.165) is 56.2 Å². The molecule has 0 aliphatic carbocycles. The Morgan fingerprint density at radius 3 is 2.97 bits per heavy atom. The van der Waals surface area contributed by atoms with Gasteiger partial charge in [0.25, 0.3) is 0 Å². The summed E-state index contributed by atoms with van der Waals surface area (Å²) in [7, 11) is 1.69. The van der Waals surface area contributed by atoms with E-state index < -0.39 is 0 Å². The van der Waals surface area contributed by atoms with Crippen LogP contribution in [0.25, 0.3) is 5.65 Å². The van der Waals surface area contributed by atoms with E-state index in [1.807, 2.05) is 40.0 Å². The van der Waals surface area contributed by atoms with Crippen molar-refractivity contribution in [3.8, 4) is 5.75 Å². The summed E-state index contributed by atoms with van der Waals surface area (Å²) < 4.78 is 7.35. The molecule has 1 saturated heterocycles. The topological polar surface area (TPSA) is 63.0 Å². The van der Waals surface area contributed by atoms with Gasteiger partial charge in [-0.1, -0.05) is 12.1 Å². The average Bonchev–Trinajstić information content (AvgIpc) is 3.09. The van der Waals surface area contributed by atoms with Crippen molar-refractivity contribution in [2.75, 3.05) is 33.3 Å². The van der Waals surface area contributed by atoms with E-state index in [4.69, 9.17) is 4.74 Å². The Hall–Kier alpha value is -2.93. The fourth-order valence-electron chi connectivity index (χ4n) is 4.04. The summed E-state index contributed by atoms with van der Waals surface area (Å²) >= 11 is 0. The normalized spacial score (nSPS) is 18.0. The van der Waals surface area contributed by atoms with E-state index in [9.17, 15) is 4.79 Å². The summed E-state index contributed by atoms with van der Waals surface area (Å²) in [4.78, 5) is 25.3. The van der Waals surface area contributed by atoms with Gasteiger partial charge in [-0.2, -0.15) is 0 Å². The van der Waals surface area contributed by atoms with Crippen molar-refractivity contribution in [1.82, 2.24) is 24.2 Å². The molecule has 152 valence electrons. The largest absolute Gasteiger partial charge is 0.497 e. The predicted molar refractivity (Wildman–Crippen MR) is 111 cm³/mol.